The van der Waals surface area contributed by atoms with Crippen LogP contribution in [0.2, 0.25) is 0 Å². The summed E-state index contributed by atoms with van der Waals surface area (Å²) in [6.45, 7) is 5.53. The fourth-order valence-corrected chi connectivity index (χ4v) is 3.00. The molecule has 1 saturated heterocycles. The minimum Gasteiger partial charge on any atom is -0.395 e. The number of nitrogens with one attached hydrogen (secondary N) is 1. The number of nitrogens with zero attached hydrogens (tertiary/aromatic N) is 5. The molecule has 1 unspecified atom stereocenters. The monoisotopic (exact) mass is 320 g/mol. The molecule has 2 aromatic heterocycles. The van der Waals surface area contributed by atoms with Gasteiger partial charge < -0.3 is 25.0 Å². The highest BCUT2D eigenvalue weighted by atomic mass is 16.3. The Morgan fingerprint density at radius 3 is 2.87 bits per heavy atom. The lowest BCUT2D eigenvalue weighted by molar-refractivity contribution is 0.265. The number of rotatable bonds is 6. The maximum absolute atomic E-state index is 9.56. The summed E-state index contributed by atoms with van der Waals surface area (Å²) >= 11 is 0. The summed E-state index contributed by atoms with van der Waals surface area (Å²) in [7, 11) is 0. The molecule has 1 atom stereocenters. The molecule has 126 valence electrons. The first-order valence-electron chi connectivity index (χ1n) is 8.12. The van der Waals surface area contributed by atoms with Gasteiger partial charge in [-0.1, -0.05) is 0 Å². The minimum absolute atomic E-state index is 0.0225. The van der Waals surface area contributed by atoms with Crippen molar-refractivity contribution in [2.24, 2.45) is 0 Å². The van der Waals surface area contributed by atoms with Crippen molar-refractivity contribution in [3.05, 3.63) is 6.33 Å². The van der Waals surface area contributed by atoms with Gasteiger partial charge >= 0.3 is 0 Å². The van der Waals surface area contributed by atoms with Crippen LogP contribution in [-0.2, 0) is 0 Å². The van der Waals surface area contributed by atoms with Gasteiger partial charge in [0.1, 0.15) is 0 Å². The average molecular weight is 320 g/mol. The molecule has 3 rings (SSSR count). The first-order chi connectivity index (χ1) is 11.2. The van der Waals surface area contributed by atoms with Gasteiger partial charge in [0.15, 0.2) is 17.0 Å². The Balaban J connectivity index is 2.08. The lowest BCUT2D eigenvalue weighted by atomic mass is 10.2. The zero-order valence-electron chi connectivity index (χ0n) is 13.6. The molecule has 3 N–H and O–H groups in total. The Bertz CT molecular complexity index is 671. The number of imidazole rings is 1. The van der Waals surface area contributed by atoms with Crippen LogP contribution in [0.5, 0.6) is 0 Å². The average Bonchev–Trinajstić information content (AvgIpc) is 3.18. The van der Waals surface area contributed by atoms with Gasteiger partial charge in [-0.2, -0.15) is 9.97 Å². The number of hydrogen-bond donors (Lipinski definition) is 3. The Morgan fingerprint density at radius 2 is 2.17 bits per heavy atom. The molecule has 23 heavy (non-hydrogen) atoms. The SMILES string of the molecule is CC(C)n1cnc2c(NCCO)nc(N3CCCC3CO)nc21. The van der Waals surface area contributed by atoms with Gasteiger partial charge in [-0.15, -0.1) is 0 Å². The van der Waals surface area contributed by atoms with Crippen molar-refractivity contribution in [1.29, 1.82) is 0 Å². The van der Waals surface area contributed by atoms with E-state index in [1.807, 2.05) is 4.57 Å². The molecule has 3 heterocycles. The van der Waals surface area contributed by atoms with Crippen LogP contribution in [0.1, 0.15) is 32.7 Å². The summed E-state index contributed by atoms with van der Waals surface area (Å²) in [6.07, 6.45) is 3.74. The van der Waals surface area contributed by atoms with Crippen LogP contribution >= 0.6 is 0 Å². The van der Waals surface area contributed by atoms with E-state index < -0.39 is 0 Å². The largest absolute Gasteiger partial charge is 0.395 e. The van der Waals surface area contributed by atoms with Crippen LogP contribution in [0.25, 0.3) is 11.2 Å². The lowest BCUT2D eigenvalue weighted by Crippen LogP contribution is -2.33. The van der Waals surface area contributed by atoms with Crippen molar-refractivity contribution in [2.75, 3.05) is 36.5 Å². The van der Waals surface area contributed by atoms with Gasteiger partial charge in [-0.3, -0.25) is 0 Å². The Hall–Kier alpha value is -1.93. The van der Waals surface area contributed by atoms with Crippen molar-refractivity contribution in [1.82, 2.24) is 19.5 Å². The van der Waals surface area contributed by atoms with Gasteiger partial charge in [0.2, 0.25) is 5.95 Å². The summed E-state index contributed by atoms with van der Waals surface area (Å²) < 4.78 is 2.01. The van der Waals surface area contributed by atoms with Crippen molar-refractivity contribution < 1.29 is 10.2 Å². The Kier molecular flexibility index (Phi) is 4.63. The number of aliphatic hydroxyl groups is 2. The highest BCUT2D eigenvalue weighted by Crippen LogP contribution is 2.28. The molecule has 0 saturated carbocycles. The van der Waals surface area contributed by atoms with Crippen LogP contribution < -0.4 is 10.2 Å². The van der Waals surface area contributed by atoms with Crippen LogP contribution in [0.4, 0.5) is 11.8 Å². The fraction of sp³-hybridized carbons (Fsp3) is 0.667. The van der Waals surface area contributed by atoms with E-state index in [4.69, 9.17) is 10.1 Å². The lowest BCUT2D eigenvalue weighted by Gasteiger charge is -2.23. The summed E-state index contributed by atoms with van der Waals surface area (Å²) in [5.74, 6) is 1.24. The van der Waals surface area contributed by atoms with Crippen LogP contribution in [-0.4, -0.2) is 62.1 Å². The molecule has 1 aliphatic rings. The third-order valence-corrected chi connectivity index (χ3v) is 4.21. The first kappa shape index (κ1) is 15.9. The highest BCUT2D eigenvalue weighted by molar-refractivity contribution is 5.84. The second-order valence-electron chi connectivity index (χ2n) is 6.11. The number of aliphatic hydroxyl groups excluding tert-OH is 2. The Labute approximate surface area is 135 Å². The molecule has 0 aromatic carbocycles. The van der Waals surface area contributed by atoms with Gasteiger partial charge in [-0.05, 0) is 26.7 Å². The van der Waals surface area contributed by atoms with E-state index in [0.717, 1.165) is 25.0 Å². The predicted molar refractivity (Wildman–Crippen MR) is 88.7 cm³/mol. The normalized spacial score (nSPS) is 18.3. The smallest absolute Gasteiger partial charge is 0.229 e. The summed E-state index contributed by atoms with van der Waals surface area (Å²) in [5, 5.41) is 21.8. The molecule has 1 fully saturated rings. The van der Waals surface area contributed by atoms with Gasteiger partial charge in [0, 0.05) is 19.1 Å². The third kappa shape index (κ3) is 2.96. The van der Waals surface area contributed by atoms with Crippen molar-refractivity contribution in [2.45, 2.75) is 38.8 Å². The molecule has 0 amide bonds. The predicted octanol–water partition coefficient (Wildman–Crippen LogP) is 0.772. The van der Waals surface area contributed by atoms with Crippen molar-refractivity contribution in [3.8, 4) is 0 Å². The number of aromatic nitrogens is 4. The summed E-state index contributed by atoms with van der Waals surface area (Å²) in [6, 6.07) is 0.300. The zero-order chi connectivity index (χ0) is 16.4. The van der Waals surface area contributed by atoms with E-state index >= 15 is 0 Å². The molecule has 0 bridgehead atoms. The molecule has 0 aliphatic carbocycles. The van der Waals surface area contributed by atoms with Gasteiger partial charge in [-0.25, -0.2) is 4.98 Å². The summed E-state index contributed by atoms with van der Waals surface area (Å²) in [5.41, 5.74) is 1.48. The van der Waals surface area contributed by atoms with Crippen LogP contribution in [0, 0.1) is 0 Å². The van der Waals surface area contributed by atoms with Gasteiger partial charge in [0.05, 0.1) is 25.6 Å². The van der Waals surface area contributed by atoms with E-state index in [1.165, 1.54) is 0 Å². The molecular weight excluding hydrogens is 296 g/mol. The van der Waals surface area contributed by atoms with E-state index in [1.54, 1.807) is 6.33 Å². The molecule has 2 aromatic rings. The van der Waals surface area contributed by atoms with E-state index in [2.05, 4.69) is 34.0 Å². The topological polar surface area (TPSA) is 99.3 Å². The second kappa shape index (κ2) is 6.67. The van der Waals surface area contributed by atoms with E-state index in [9.17, 15) is 5.11 Å². The maximum atomic E-state index is 9.56. The molecule has 1 aliphatic heterocycles. The van der Waals surface area contributed by atoms with E-state index in [-0.39, 0.29) is 25.3 Å². The van der Waals surface area contributed by atoms with Gasteiger partial charge in [0.25, 0.3) is 0 Å². The van der Waals surface area contributed by atoms with Crippen molar-refractivity contribution >= 4 is 22.9 Å². The molecule has 0 radical (unpaired) electrons. The van der Waals surface area contributed by atoms with Crippen LogP contribution in [0.3, 0.4) is 0 Å². The molecule has 0 spiro atoms. The minimum atomic E-state index is 0.0225. The summed E-state index contributed by atoms with van der Waals surface area (Å²) in [4.78, 5) is 15.8. The highest BCUT2D eigenvalue weighted by Gasteiger charge is 2.27. The Morgan fingerprint density at radius 1 is 1.35 bits per heavy atom. The quantitative estimate of drug-likeness (QED) is 0.723. The van der Waals surface area contributed by atoms with E-state index in [0.29, 0.717) is 23.8 Å². The first-order valence-corrected chi connectivity index (χ1v) is 8.12. The molecule has 8 nitrogen and oxygen atoms in total. The standard InChI is InChI=1S/C15H24N6O2/c1-10(2)21-9-17-12-13(16-5-7-22)18-15(19-14(12)21)20-6-3-4-11(20)8-23/h9-11,22-23H,3-8H2,1-2H3,(H,16,18,19). The van der Waals surface area contributed by atoms with Crippen molar-refractivity contribution in [3.63, 3.8) is 0 Å². The molecule has 8 heteroatoms. The number of hydrogen-bond acceptors (Lipinski definition) is 7. The van der Waals surface area contributed by atoms with Crippen LogP contribution in [0.15, 0.2) is 6.33 Å². The number of fused-ring (bicyclic) bond motifs is 1. The maximum Gasteiger partial charge on any atom is 0.229 e. The zero-order valence-corrected chi connectivity index (χ0v) is 13.6. The second-order valence-corrected chi connectivity index (χ2v) is 6.11. The fourth-order valence-electron chi connectivity index (χ4n) is 3.00. The molecular formula is C15H24N6O2. The number of anilines is 2. The third-order valence-electron chi connectivity index (χ3n) is 4.21.